The number of aromatic nitrogens is 1. The lowest BCUT2D eigenvalue weighted by atomic mass is 9.97. The number of nitrogens with zero attached hydrogens (tertiary/aromatic N) is 1. The Morgan fingerprint density at radius 3 is 2.10 bits per heavy atom. The quantitative estimate of drug-likeness (QED) is 0.217. The number of hydrogen-bond acceptors (Lipinski definition) is 2. The third-order valence-corrected chi connectivity index (χ3v) is 9.40. The predicted octanol–water partition coefficient (Wildman–Crippen LogP) is 11.2. The molecule has 0 fully saturated rings. The molecule has 0 atom stereocenters. The normalized spacial score (nSPS) is 11.9. The van der Waals surface area contributed by atoms with Crippen LogP contribution in [0.2, 0.25) is 0 Å². The minimum atomic E-state index is 0.926. The fourth-order valence-corrected chi connectivity index (χ4v) is 7.61. The summed E-state index contributed by atoms with van der Waals surface area (Å²) >= 11 is 1.89. The average Bonchev–Trinajstić information content (AvgIpc) is 3.70. The number of para-hydroxylation sites is 3. The summed E-state index contributed by atoms with van der Waals surface area (Å²) in [6.45, 7) is 0. The van der Waals surface area contributed by atoms with Crippen molar-refractivity contribution in [2.45, 2.75) is 0 Å². The molecule has 9 aromatic rings. The molecule has 3 heterocycles. The molecule has 41 heavy (non-hydrogen) atoms. The molecule has 0 aliphatic rings. The van der Waals surface area contributed by atoms with E-state index in [1.165, 1.54) is 64.5 Å². The Morgan fingerprint density at radius 2 is 1.22 bits per heavy atom. The van der Waals surface area contributed by atoms with Crippen LogP contribution in [0.3, 0.4) is 0 Å². The highest BCUT2D eigenvalue weighted by atomic mass is 32.1. The van der Waals surface area contributed by atoms with E-state index < -0.39 is 0 Å². The molecule has 0 bridgehead atoms. The van der Waals surface area contributed by atoms with Crippen molar-refractivity contribution in [1.82, 2.24) is 4.57 Å². The fourth-order valence-electron chi connectivity index (χ4n) is 6.35. The molecule has 6 aromatic carbocycles. The van der Waals surface area contributed by atoms with Crippen molar-refractivity contribution in [2.75, 3.05) is 0 Å². The Bertz CT molecular complexity index is 2410. The summed E-state index contributed by atoms with van der Waals surface area (Å²) in [6.07, 6.45) is 0. The lowest BCUT2D eigenvalue weighted by Gasteiger charge is -2.09. The highest BCUT2D eigenvalue weighted by Gasteiger charge is 2.18. The molecule has 0 aliphatic heterocycles. The lowest BCUT2D eigenvalue weighted by Crippen LogP contribution is -1.92. The van der Waals surface area contributed by atoms with Gasteiger partial charge in [0.25, 0.3) is 0 Å². The summed E-state index contributed by atoms with van der Waals surface area (Å²) < 4.78 is 11.2. The molecule has 0 N–H and O–H groups in total. The second-order valence-electron chi connectivity index (χ2n) is 10.5. The number of thiophene rings is 1. The van der Waals surface area contributed by atoms with Crippen LogP contribution >= 0.6 is 11.3 Å². The molecule has 2 nitrogen and oxygen atoms in total. The van der Waals surface area contributed by atoms with Crippen LogP contribution in [0.5, 0.6) is 0 Å². The SMILES string of the molecule is c1ccc(-n2c3ccccc3c3sc4cc(-c5ccc(-c6cccc7oc8ccccc8c67)cc5)ccc4c32)cc1. The zero-order valence-electron chi connectivity index (χ0n) is 22.0. The van der Waals surface area contributed by atoms with E-state index in [0.29, 0.717) is 0 Å². The van der Waals surface area contributed by atoms with Crippen LogP contribution in [0.1, 0.15) is 0 Å². The van der Waals surface area contributed by atoms with Crippen molar-refractivity contribution in [1.29, 1.82) is 0 Å². The van der Waals surface area contributed by atoms with Gasteiger partial charge in [-0.15, -0.1) is 11.3 Å². The fraction of sp³-hybridized carbons (Fsp3) is 0. The second-order valence-corrected chi connectivity index (χ2v) is 11.6. The average molecular weight is 542 g/mol. The van der Waals surface area contributed by atoms with Gasteiger partial charge >= 0.3 is 0 Å². The summed E-state index contributed by atoms with van der Waals surface area (Å²) in [6, 6.07) is 49.9. The number of fused-ring (bicyclic) bond motifs is 8. The van der Waals surface area contributed by atoms with Crippen molar-refractivity contribution < 1.29 is 4.42 Å². The minimum absolute atomic E-state index is 0.926. The van der Waals surface area contributed by atoms with E-state index >= 15 is 0 Å². The second kappa shape index (κ2) is 8.69. The Kier molecular flexibility index (Phi) is 4.80. The zero-order chi connectivity index (χ0) is 26.9. The Labute approximate surface area is 240 Å². The first-order valence-electron chi connectivity index (χ1n) is 13.9. The predicted molar refractivity (Wildman–Crippen MR) is 174 cm³/mol. The molecular weight excluding hydrogens is 518 g/mol. The largest absolute Gasteiger partial charge is 0.456 e. The monoisotopic (exact) mass is 541 g/mol. The van der Waals surface area contributed by atoms with E-state index in [-0.39, 0.29) is 0 Å². The maximum absolute atomic E-state index is 6.13. The van der Waals surface area contributed by atoms with Gasteiger partial charge in [0.05, 0.1) is 15.7 Å². The van der Waals surface area contributed by atoms with Gasteiger partial charge in [-0.1, -0.05) is 103 Å². The highest BCUT2D eigenvalue weighted by Crippen LogP contribution is 2.43. The molecule has 3 heteroatoms. The zero-order valence-corrected chi connectivity index (χ0v) is 22.9. The lowest BCUT2D eigenvalue weighted by molar-refractivity contribution is 0.669. The van der Waals surface area contributed by atoms with Gasteiger partial charge in [0.2, 0.25) is 0 Å². The number of benzene rings is 6. The van der Waals surface area contributed by atoms with Crippen LogP contribution in [0.4, 0.5) is 0 Å². The molecule has 3 aromatic heterocycles. The van der Waals surface area contributed by atoms with Crippen LogP contribution < -0.4 is 0 Å². The molecule has 0 saturated heterocycles. The maximum Gasteiger partial charge on any atom is 0.136 e. The molecule has 0 saturated carbocycles. The molecule has 0 unspecified atom stereocenters. The molecular formula is C38H23NOS. The first kappa shape index (κ1) is 22.7. The number of rotatable bonds is 3. The van der Waals surface area contributed by atoms with Gasteiger partial charge in [0.1, 0.15) is 11.2 Å². The highest BCUT2D eigenvalue weighted by molar-refractivity contribution is 7.26. The van der Waals surface area contributed by atoms with E-state index in [1.807, 2.05) is 23.5 Å². The van der Waals surface area contributed by atoms with Crippen molar-refractivity contribution in [3.63, 3.8) is 0 Å². The van der Waals surface area contributed by atoms with Crippen LogP contribution in [-0.4, -0.2) is 4.57 Å². The van der Waals surface area contributed by atoms with Crippen molar-refractivity contribution in [3.8, 4) is 27.9 Å². The van der Waals surface area contributed by atoms with E-state index in [0.717, 1.165) is 16.6 Å². The number of hydrogen-bond donors (Lipinski definition) is 0. The summed E-state index contributed by atoms with van der Waals surface area (Å²) in [7, 11) is 0. The van der Waals surface area contributed by atoms with E-state index in [1.54, 1.807) is 0 Å². The van der Waals surface area contributed by atoms with Gasteiger partial charge < -0.3 is 8.98 Å². The maximum atomic E-state index is 6.13. The third-order valence-electron chi connectivity index (χ3n) is 8.22. The van der Waals surface area contributed by atoms with Gasteiger partial charge in [0, 0.05) is 31.9 Å². The topological polar surface area (TPSA) is 18.1 Å². The molecule has 9 rings (SSSR count). The van der Waals surface area contributed by atoms with Crippen LogP contribution in [-0.2, 0) is 0 Å². The Hall–Kier alpha value is -5.12. The van der Waals surface area contributed by atoms with Crippen LogP contribution in [0, 0.1) is 0 Å². The Balaban J connectivity index is 1.17. The van der Waals surface area contributed by atoms with Crippen molar-refractivity contribution in [3.05, 3.63) is 140 Å². The van der Waals surface area contributed by atoms with Crippen molar-refractivity contribution in [2.24, 2.45) is 0 Å². The number of furan rings is 1. The molecule has 0 aliphatic carbocycles. The van der Waals surface area contributed by atoms with Crippen molar-refractivity contribution >= 4 is 64.5 Å². The summed E-state index contributed by atoms with van der Waals surface area (Å²) in [5, 5.41) is 4.93. The van der Waals surface area contributed by atoms with Gasteiger partial charge in [0.15, 0.2) is 0 Å². The van der Waals surface area contributed by atoms with E-state index in [9.17, 15) is 0 Å². The summed E-state index contributed by atoms with van der Waals surface area (Å²) in [5.41, 5.74) is 10.4. The van der Waals surface area contributed by atoms with Crippen LogP contribution in [0.15, 0.2) is 144 Å². The van der Waals surface area contributed by atoms with Gasteiger partial charge in [-0.25, -0.2) is 0 Å². The molecule has 0 spiro atoms. The van der Waals surface area contributed by atoms with Gasteiger partial charge in [-0.2, -0.15) is 0 Å². The molecule has 0 radical (unpaired) electrons. The van der Waals surface area contributed by atoms with Gasteiger partial charge in [-0.3, -0.25) is 0 Å². The summed E-state index contributed by atoms with van der Waals surface area (Å²) in [5.74, 6) is 0. The first-order chi connectivity index (χ1) is 20.3. The van der Waals surface area contributed by atoms with Crippen LogP contribution in [0.25, 0.3) is 81.1 Å². The van der Waals surface area contributed by atoms with E-state index in [2.05, 4.69) is 132 Å². The smallest absolute Gasteiger partial charge is 0.136 e. The van der Waals surface area contributed by atoms with E-state index in [4.69, 9.17) is 4.42 Å². The Morgan fingerprint density at radius 1 is 0.512 bits per heavy atom. The minimum Gasteiger partial charge on any atom is -0.456 e. The van der Waals surface area contributed by atoms with Gasteiger partial charge in [-0.05, 0) is 58.7 Å². The molecule has 0 amide bonds. The first-order valence-corrected chi connectivity index (χ1v) is 14.7. The summed E-state index contributed by atoms with van der Waals surface area (Å²) in [4.78, 5) is 0. The standard InChI is InChI=1S/C38H23NOS/c1-2-9-27(10-3-1)39-32-14-6-4-11-29(32)38-37(39)31-22-21-26(23-35(31)41-38)24-17-19-25(20-18-24)28-13-8-16-34-36(28)30-12-5-7-15-33(30)40-34/h1-23H. The third kappa shape index (κ3) is 3.36. The molecule has 192 valence electrons.